The van der Waals surface area contributed by atoms with Crippen LogP contribution in [-0.2, 0) is 4.74 Å². The second-order valence-corrected chi connectivity index (χ2v) is 4.35. The minimum Gasteiger partial charge on any atom is -0.465 e. The van der Waals surface area contributed by atoms with Crippen molar-refractivity contribution in [2.24, 2.45) is 0 Å². The molecule has 0 spiro atoms. The summed E-state index contributed by atoms with van der Waals surface area (Å²) in [5.41, 5.74) is 4.51. The van der Waals surface area contributed by atoms with Crippen LogP contribution in [0.1, 0.15) is 15.9 Å². The van der Waals surface area contributed by atoms with Crippen molar-refractivity contribution in [2.75, 3.05) is 7.11 Å². The maximum atomic E-state index is 11.6. The lowest BCUT2D eigenvalue weighted by molar-refractivity contribution is 0.0601. The quantitative estimate of drug-likeness (QED) is 0.691. The first kappa shape index (κ1) is 11.5. The summed E-state index contributed by atoms with van der Waals surface area (Å²) in [4.78, 5) is 14.9. The first-order chi connectivity index (χ1) is 9.20. The molecule has 5 heteroatoms. The molecule has 0 bridgehead atoms. The number of benzene rings is 1. The Morgan fingerprint density at radius 1 is 1.32 bits per heavy atom. The van der Waals surface area contributed by atoms with Gasteiger partial charge in [-0.3, -0.25) is 5.10 Å². The number of aryl methyl sites for hydroxylation is 1. The topological polar surface area (TPSA) is 70.8 Å². The average Bonchev–Trinajstić information content (AvgIpc) is 3.06. The van der Waals surface area contributed by atoms with E-state index in [0.29, 0.717) is 5.56 Å². The molecular formula is C14H13N3O2. The molecular weight excluding hydrogens is 242 g/mol. The number of H-pyrrole nitrogens is 2. The smallest absolute Gasteiger partial charge is 0.337 e. The summed E-state index contributed by atoms with van der Waals surface area (Å²) in [6, 6.07) is 7.38. The third kappa shape index (κ3) is 1.79. The van der Waals surface area contributed by atoms with Gasteiger partial charge in [0.1, 0.15) is 0 Å². The van der Waals surface area contributed by atoms with E-state index in [9.17, 15) is 4.79 Å². The Hall–Kier alpha value is -2.56. The number of rotatable bonds is 2. The summed E-state index contributed by atoms with van der Waals surface area (Å²) in [7, 11) is 1.38. The average molecular weight is 255 g/mol. The van der Waals surface area contributed by atoms with Crippen LogP contribution in [0.25, 0.3) is 22.3 Å². The monoisotopic (exact) mass is 255 g/mol. The first-order valence-electron chi connectivity index (χ1n) is 5.91. The van der Waals surface area contributed by atoms with Gasteiger partial charge in [-0.25, -0.2) is 4.79 Å². The molecule has 0 aliphatic carbocycles. The summed E-state index contributed by atoms with van der Waals surface area (Å²) in [6.45, 7) is 2.01. The normalized spacial score (nSPS) is 10.8. The van der Waals surface area contributed by atoms with E-state index >= 15 is 0 Å². The molecule has 0 saturated heterocycles. The molecule has 2 heterocycles. The van der Waals surface area contributed by atoms with Crippen molar-refractivity contribution in [3.63, 3.8) is 0 Å². The number of hydrogen-bond acceptors (Lipinski definition) is 3. The van der Waals surface area contributed by atoms with Gasteiger partial charge < -0.3 is 9.72 Å². The van der Waals surface area contributed by atoms with E-state index in [-0.39, 0.29) is 5.97 Å². The van der Waals surface area contributed by atoms with Crippen molar-refractivity contribution in [3.8, 4) is 11.4 Å². The first-order valence-corrected chi connectivity index (χ1v) is 5.91. The zero-order valence-corrected chi connectivity index (χ0v) is 10.7. The summed E-state index contributed by atoms with van der Waals surface area (Å²) in [5.74, 6) is -0.328. The molecule has 5 nitrogen and oxygen atoms in total. The van der Waals surface area contributed by atoms with Crippen LogP contribution in [0.15, 0.2) is 30.5 Å². The molecule has 3 rings (SSSR count). The maximum Gasteiger partial charge on any atom is 0.337 e. The van der Waals surface area contributed by atoms with Crippen LogP contribution in [0, 0.1) is 6.92 Å². The predicted octanol–water partition coefficient (Wildman–Crippen LogP) is 2.65. The summed E-state index contributed by atoms with van der Waals surface area (Å²) in [5, 5.41) is 7.89. The number of ether oxygens (including phenoxy) is 1. The predicted molar refractivity (Wildman–Crippen MR) is 72.0 cm³/mol. The van der Waals surface area contributed by atoms with Crippen LogP contribution in [0.2, 0.25) is 0 Å². The zero-order chi connectivity index (χ0) is 13.4. The molecule has 2 aromatic heterocycles. The molecule has 3 aromatic rings. The van der Waals surface area contributed by atoms with Crippen LogP contribution in [0.5, 0.6) is 0 Å². The Morgan fingerprint density at radius 2 is 2.16 bits per heavy atom. The summed E-state index contributed by atoms with van der Waals surface area (Å²) < 4.78 is 4.74. The second-order valence-electron chi connectivity index (χ2n) is 4.35. The van der Waals surface area contributed by atoms with Gasteiger partial charge in [0.25, 0.3) is 0 Å². The fourth-order valence-electron chi connectivity index (χ4n) is 2.24. The molecule has 19 heavy (non-hydrogen) atoms. The molecule has 0 aliphatic heterocycles. The standard InChI is InChI=1S/C14H13N3O2/c1-8-10-7-9(14(18)19-2)3-4-11(10)16-13(8)12-5-6-15-17-12/h3-7,16H,1-2H3,(H,15,17). The third-order valence-electron chi connectivity index (χ3n) is 3.25. The maximum absolute atomic E-state index is 11.6. The lowest BCUT2D eigenvalue weighted by Crippen LogP contribution is -2.00. The highest BCUT2D eigenvalue weighted by Gasteiger charge is 2.13. The van der Waals surface area contributed by atoms with Crippen LogP contribution in [0.3, 0.4) is 0 Å². The number of esters is 1. The molecule has 0 unspecified atom stereocenters. The number of aromatic amines is 2. The summed E-state index contributed by atoms with van der Waals surface area (Å²) >= 11 is 0. The van der Waals surface area contributed by atoms with Gasteiger partial charge in [-0.1, -0.05) is 0 Å². The number of nitrogens with one attached hydrogen (secondary N) is 2. The highest BCUT2D eigenvalue weighted by atomic mass is 16.5. The SMILES string of the molecule is COC(=O)c1ccc2[nH]c(-c3ccn[nH]3)c(C)c2c1. The number of methoxy groups -OCH3 is 1. The zero-order valence-electron chi connectivity index (χ0n) is 10.7. The number of hydrogen-bond donors (Lipinski definition) is 2. The van der Waals surface area contributed by atoms with E-state index in [4.69, 9.17) is 4.74 Å². The van der Waals surface area contributed by atoms with E-state index in [1.807, 2.05) is 25.1 Å². The van der Waals surface area contributed by atoms with Gasteiger partial charge in [0.05, 0.1) is 24.1 Å². The van der Waals surface area contributed by atoms with Crippen molar-refractivity contribution in [3.05, 3.63) is 41.6 Å². The van der Waals surface area contributed by atoms with E-state index in [1.165, 1.54) is 7.11 Å². The van der Waals surface area contributed by atoms with Crippen molar-refractivity contribution in [1.29, 1.82) is 0 Å². The van der Waals surface area contributed by atoms with E-state index in [2.05, 4.69) is 15.2 Å². The van der Waals surface area contributed by atoms with E-state index in [0.717, 1.165) is 27.9 Å². The number of carbonyl (C=O) groups is 1. The lowest BCUT2D eigenvalue weighted by atomic mass is 10.1. The Labute approximate surface area is 109 Å². The Balaban J connectivity index is 2.19. The molecule has 0 radical (unpaired) electrons. The van der Waals surface area contributed by atoms with Crippen molar-refractivity contribution in [1.82, 2.24) is 15.2 Å². The molecule has 1 aromatic carbocycles. The van der Waals surface area contributed by atoms with Gasteiger partial charge in [0.2, 0.25) is 0 Å². The van der Waals surface area contributed by atoms with Crippen LogP contribution in [0.4, 0.5) is 0 Å². The molecule has 96 valence electrons. The fraction of sp³-hybridized carbons (Fsp3) is 0.143. The molecule has 0 atom stereocenters. The number of nitrogens with zero attached hydrogens (tertiary/aromatic N) is 1. The van der Waals surface area contributed by atoms with Crippen LogP contribution < -0.4 is 0 Å². The second kappa shape index (κ2) is 4.28. The van der Waals surface area contributed by atoms with Gasteiger partial charge in [0, 0.05) is 17.1 Å². The largest absolute Gasteiger partial charge is 0.465 e. The number of carbonyl (C=O) groups excluding carboxylic acids is 1. The molecule has 0 saturated carbocycles. The van der Waals surface area contributed by atoms with Crippen molar-refractivity contribution >= 4 is 16.9 Å². The fourth-order valence-corrected chi connectivity index (χ4v) is 2.24. The van der Waals surface area contributed by atoms with Gasteiger partial charge in [0.15, 0.2) is 0 Å². The van der Waals surface area contributed by atoms with Gasteiger partial charge >= 0.3 is 5.97 Å². The van der Waals surface area contributed by atoms with Gasteiger partial charge in [-0.05, 0) is 36.8 Å². The molecule has 0 aliphatic rings. The Bertz CT molecular complexity index is 741. The van der Waals surface area contributed by atoms with Crippen LogP contribution in [-0.4, -0.2) is 28.3 Å². The Kier molecular flexibility index (Phi) is 2.59. The third-order valence-corrected chi connectivity index (χ3v) is 3.25. The van der Waals surface area contributed by atoms with E-state index in [1.54, 1.807) is 12.3 Å². The van der Waals surface area contributed by atoms with E-state index < -0.39 is 0 Å². The molecule has 0 amide bonds. The lowest BCUT2D eigenvalue weighted by Gasteiger charge is -1.99. The van der Waals surface area contributed by atoms with Crippen molar-refractivity contribution < 1.29 is 9.53 Å². The molecule has 0 fully saturated rings. The van der Waals surface area contributed by atoms with Crippen LogP contribution >= 0.6 is 0 Å². The summed E-state index contributed by atoms with van der Waals surface area (Å²) in [6.07, 6.45) is 1.71. The minimum atomic E-state index is -0.328. The Morgan fingerprint density at radius 3 is 2.84 bits per heavy atom. The van der Waals surface area contributed by atoms with Gasteiger partial charge in [-0.2, -0.15) is 5.10 Å². The molecule has 2 N–H and O–H groups in total. The number of aromatic nitrogens is 3. The van der Waals surface area contributed by atoms with Gasteiger partial charge in [-0.15, -0.1) is 0 Å². The highest BCUT2D eigenvalue weighted by molar-refractivity contribution is 5.97. The highest BCUT2D eigenvalue weighted by Crippen LogP contribution is 2.29. The number of fused-ring (bicyclic) bond motifs is 1. The van der Waals surface area contributed by atoms with Crippen molar-refractivity contribution in [2.45, 2.75) is 6.92 Å². The minimum absolute atomic E-state index is 0.328.